The number of nitro groups is 1. The van der Waals surface area contributed by atoms with Crippen LogP contribution in [0.25, 0.3) is 6.08 Å². The Kier molecular flexibility index (Phi) is 7.27. The van der Waals surface area contributed by atoms with Gasteiger partial charge in [-0.05, 0) is 71.4 Å². The molecule has 4 rings (SSSR count). The highest BCUT2D eigenvalue weighted by Crippen LogP contribution is 2.34. The van der Waals surface area contributed by atoms with Crippen molar-refractivity contribution in [1.82, 2.24) is 4.90 Å². The molecule has 2 aromatic carbocycles. The second-order valence-electron chi connectivity index (χ2n) is 7.17. The molecule has 0 saturated carbocycles. The lowest BCUT2D eigenvalue weighted by Gasteiger charge is -2.12. The van der Waals surface area contributed by atoms with Gasteiger partial charge in [-0.1, -0.05) is 0 Å². The third kappa shape index (κ3) is 5.58. The Balaban J connectivity index is 1.60. The Morgan fingerprint density at radius 1 is 1.09 bits per heavy atom. The smallest absolute Gasteiger partial charge is 0.269 e. The minimum Gasteiger partial charge on any atom is -0.493 e. The molecule has 0 spiro atoms. The number of amides is 1. The quantitative estimate of drug-likeness (QED) is 0.193. The van der Waals surface area contributed by atoms with Crippen LogP contribution in [0.4, 0.5) is 5.69 Å². The second-order valence-corrected chi connectivity index (χ2v) is 8.18. The van der Waals surface area contributed by atoms with Crippen molar-refractivity contribution in [1.29, 1.82) is 0 Å². The molecular weight excluding hydrogens is 472 g/mol. The number of thioether (sulfide) groups is 1. The molecule has 1 fully saturated rings. The summed E-state index contributed by atoms with van der Waals surface area (Å²) in [5.74, 6) is 1.47. The lowest BCUT2D eigenvalue weighted by molar-refractivity contribution is -0.384. The number of non-ortho nitro benzene ring substituents is 1. The maximum atomic E-state index is 13.1. The molecule has 11 heteroatoms. The zero-order chi connectivity index (χ0) is 24.8. The number of furan rings is 1. The molecule has 0 bridgehead atoms. The number of amidine groups is 1. The normalized spacial score (nSPS) is 15.9. The molecule has 0 aliphatic carbocycles. The molecule has 178 valence electrons. The third-order valence-electron chi connectivity index (χ3n) is 4.94. The van der Waals surface area contributed by atoms with Gasteiger partial charge in [-0.25, -0.2) is 0 Å². The van der Waals surface area contributed by atoms with Gasteiger partial charge in [0.05, 0.1) is 43.1 Å². The fraction of sp³-hybridized carbons (Fsp3) is 0.125. The van der Waals surface area contributed by atoms with E-state index in [1.807, 2.05) is 0 Å². The van der Waals surface area contributed by atoms with Crippen LogP contribution in [-0.4, -0.2) is 41.3 Å². The summed E-state index contributed by atoms with van der Waals surface area (Å²) >= 11 is 1.16. The molecule has 0 radical (unpaired) electrons. The van der Waals surface area contributed by atoms with E-state index in [2.05, 4.69) is 10.2 Å². The van der Waals surface area contributed by atoms with E-state index in [1.54, 1.807) is 69.0 Å². The molecule has 1 aliphatic heterocycles. The number of carbonyl (C=O) groups is 1. The minimum atomic E-state index is -0.474. The molecule has 3 aromatic rings. The molecule has 2 heterocycles. The van der Waals surface area contributed by atoms with Crippen LogP contribution in [0.15, 0.2) is 80.4 Å². The summed E-state index contributed by atoms with van der Waals surface area (Å²) in [6.45, 7) is 0.182. The van der Waals surface area contributed by atoms with Gasteiger partial charge in [-0.15, -0.1) is 5.10 Å². The maximum absolute atomic E-state index is 13.1. The van der Waals surface area contributed by atoms with Crippen molar-refractivity contribution < 1.29 is 23.6 Å². The number of benzene rings is 2. The highest BCUT2D eigenvalue weighted by Gasteiger charge is 2.34. The number of hydrogen-bond donors (Lipinski definition) is 0. The zero-order valence-electron chi connectivity index (χ0n) is 18.8. The number of nitrogens with zero attached hydrogens (tertiary/aromatic N) is 4. The van der Waals surface area contributed by atoms with Gasteiger partial charge >= 0.3 is 0 Å². The summed E-state index contributed by atoms with van der Waals surface area (Å²) < 4.78 is 15.9. The second kappa shape index (κ2) is 10.7. The fourth-order valence-electron chi connectivity index (χ4n) is 3.20. The van der Waals surface area contributed by atoms with E-state index in [0.29, 0.717) is 32.9 Å². The summed E-state index contributed by atoms with van der Waals surface area (Å²) in [7, 11) is 3.10. The Labute approximate surface area is 204 Å². The lowest BCUT2D eigenvalue weighted by Crippen LogP contribution is -2.28. The SMILES string of the molecule is COc1ccc(/C=N\N=C2\S/C(=C\c3ccc([N+](=O)[O-])cc3)C(=O)N2Cc2ccco2)cc1OC. The van der Waals surface area contributed by atoms with Crippen molar-refractivity contribution in [2.24, 2.45) is 10.2 Å². The van der Waals surface area contributed by atoms with E-state index in [0.717, 1.165) is 17.3 Å². The first-order valence-corrected chi connectivity index (χ1v) is 11.1. The van der Waals surface area contributed by atoms with Crippen LogP contribution in [0.1, 0.15) is 16.9 Å². The molecule has 1 saturated heterocycles. The van der Waals surface area contributed by atoms with Crippen molar-refractivity contribution in [3.8, 4) is 11.5 Å². The van der Waals surface area contributed by atoms with Crippen molar-refractivity contribution in [2.45, 2.75) is 6.54 Å². The van der Waals surface area contributed by atoms with Gasteiger partial charge in [0.15, 0.2) is 16.7 Å². The van der Waals surface area contributed by atoms with Gasteiger partial charge in [-0.3, -0.25) is 19.8 Å². The van der Waals surface area contributed by atoms with Crippen LogP contribution in [-0.2, 0) is 11.3 Å². The first-order valence-electron chi connectivity index (χ1n) is 10.3. The van der Waals surface area contributed by atoms with E-state index >= 15 is 0 Å². The topological polar surface area (TPSA) is 120 Å². The number of hydrogen-bond acceptors (Lipinski definition) is 9. The van der Waals surface area contributed by atoms with Gasteiger partial charge in [0, 0.05) is 12.1 Å². The molecule has 1 amide bonds. The van der Waals surface area contributed by atoms with Gasteiger partial charge in [0.1, 0.15) is 5.76 Å². The van der Waals surface area contributed by atoms with Gasteiger partial charge < -0.3 is 13.9 Å². The van der Waals surface area contributed by atoms with Crippen LogP contribution in [0.2, 0.25) is 0 Å². The fourth-order valence-corrected chi connectivity index (χ4v) is 4.14. The summed E-state index contributed by atoms with van der Waals surface area (Å²) in [6.07, 6.45) is 4.73. The van der Waals surface area contributed by atoms with Crippen LogP contribution in [0.3, 0.4) is 0 Å². The first kappa shape index (κ1) is 23.8. The average molecular weight is 493 g/mol. The van der Waals surface area contributed by atoms with E-state index in [4.69, 9.17) is 13.9 Å². The zero-order valence-corrected chi connectivity index (χ0v) is 19.6. The van der Waals surface area contributed by atoms with Crippen molar-refractivity contribution in [2.75, 3.05) is 14.2 Å². The molecule has 10 nitrogen and oxygen atoms in total. The Morgan fingerprint density at radius 2 is 1.83 bits per heavy atom. The van der Waals surface area contributed by atoms with Crippen LogP contribution < -0.4 is 9.47 Å². The van der Waals surface area contributed by atoms with Crippen LogP contribution in [0.5, 0.6) is 11.5 Å². The highest BCUT2D eigenvalue weighted by molar-refractivity contribution is 8.18. The summed E-state index contributed by atoms with van der Waals surface area (Å²) in [5.41, 5.74) is 1.36. The lowest BCUT2D eigenvalue weighted by atomic mass is 10.2. The van der Waals surface area contributed by atoms with E-state index < -0.39 is 4.92 Å². The van der Waals surface area contributed by atoms with Crippen molar-refractivity contribution in [3.63, 3.8) is 0 Å². The predicted octanol–water partition coefficient (Wildman–Crippen LogP) is 4.71. The average Bonchev–Trinajstić information content (AvgIpc) is 3.48. The molecular formula is C24H20N4O6S. The van der Waals surface area contributed by atoms with E-state index in [9.17, 15) is 14.9 Å². The van der Waals surface area contributed by atoms with Crippen molar-refractivity contribution in [3.05, 3.63) is 92.8 Å². The number of rotatable bonds is 8. The molecule has 35 heavy (non-hydrogen) atoms. The van der Waals surface area contributed by atoms with Crippen LogP contribution >= 0.6 is 11.8 Å². The molecule has 0 atom stereocenters. The number of nitro benzene ring substituents is 1. The molecule has 1 aromatic heterocycles. The number of methoxy groups -OCH3 is 2. The summed E-state index contributed by atoms with van der Waals surface area (Å²) in [4.78, 5) is 25.4. The minimum absolute atomic E-state index is 0.0243. The van der Waals surface area contributed by atoms with Gasteiger partial charge in [0.2, 0.25) is 0 Å². The molecule has 0 unspecified atom stereocenters. The van der Waals surface area contributed by atoms with Gasteiger partial charge in [0.25, 0.3) is 11.6 Å². The number of ether oxygens (including phenoxy) is 2. The van der Waals surface area contributed by atoms with Crippen LogP contribution in [0, 0.1) is 10.1 Å². The predicted molar refractivity (Wildman–Crippen MR) is 132 cm³/mol. The maximum Gasteiger partial charge on any atom is 0.269 e. The summed E-state index contributed by atoms with van der Waals surface area (Å²) in [6, 6.07) is 14.8. The Morgan fingerprint density at radius 3 is 2.49 bits per heavy atom. The Bertz CT molecular complexity index is 1320. The largest absolute Gasteiger partial charge is 0.493 e. The van der Waals surface area contributed by atoms with E-state index in [-0.39, 0.29) is 18.1 Å². The van der Waals surface area contributed by atoms with E-state index in [1.165, 1.54) is 23.3 Å². The summed E-state index contributed by atoms with van der Waals surface area (Å²) in [5, 5.41) is 19.7. The molecule has 0 N–H and O–H groups in total. The third-order valence-corrected chi connectivity index (χ3v) is 5.94. The van der Waals surface area contributed by atoms with Gasteiger partial charge in [-0.2, -0.15) is 5.10 Å². The first-order chi connectivity index (χ1) is 17.0. The Hall–Kier alpha value is -4.38. The highest BCUT2D eigenvalue weighted by atomic mass is 32.2. The monoisotopic (exact) mass is 492 g/mol. The molecule has 1 aliphatic rings. The number of carbonyl (C=O) groups excluding carboxylic acids is 1. The van der Waals surface area contributed by atoms with Crippen molar-refractivity contribution >= 4 is 40.8 Å². The standard InChI is InChI=1S/C24H20N4O6S/c1-32-20-10-7-17(12-21(20)33-2)14-25-26-24-27(15-19-4-3-11-34-19)23(29)22(35-24)13-16-5-8-18(9-6-16)28(30)31/h3-14H,15H2,1-2H3/b22-13-,25-14-,26-24+.